The highest BCUT2D eigenvalue weighted by atomic mass is 35.5. The van der Waals surface area contributed by atoms with Gasteiger partial charge in [-0.25, -0.2) is 9.37 Å². The number of anilines is 2. The minimum absolute atomic E-state index is 0.0654. The molecule has 1 fully saturated rings. The summed E-state index contributed by atoms with van der Waals surface area (Å²) in [6.07, 6.45) is 2.51. The number of aromatic nitrogens is 1. The standard InChI is InChI=1S/C24H22Cl2FN3O4S/c1-14-22(29-21-12-17(25)4-7-20(21)26)19(13-28-23(14)35(32,33)34)24(31)30-10-8-16(9-11-30)15-2-5-18(27)6-3-15/h2-7,12-13,16H,8-11H2,1H3,(H,28,29)(H,32,33,34). The first-order chi connectivity index (χ1) is 16.5. The van der Waals surface area contributed by atoms with Crippen molar-refractivity contribution in [3.63, 3.8) is 0 Å². The third kappa shape index (κ3) is 5.59. The lowest BCUT2D eigenvalue weighted by atomic mass is 9.89. The van der Waals surface area contributed by atoms with Gasteiger partial charge in [-0.1, -0.05) is 35.3 Å². The van der Waals surface area contributed by atoms with E-state index in [1.165, 1.54) is 19.1 Å². The molecule has 1 saturated heterocycles. The summed E-state index contributed by atoms with van der Waals surface area (Å²) in [5, 5.41) is 3.13. The van der Waals surface area contributed by atoms with Crippen molar-refractivity contribution in [1.29, 1.82) is 0 Å². The molecule has 184 valence electrons. The smallest absolute Gasteiger partial charge is 0.312 e. The first-order valence-electron chi connectivity index (χ1n) is 10.8. The Labute approximate surface area is 212 Å². The van der Waals surface area contributed by atoms with Crippen molar-refractivity contribution in [2.24, 2.45) is 0 Å². The molecule has 1 amide bonds. The Morgan fingerprint density at radius 1 is 1.14 bits per heavy atom. The molecular formula is C24H22Cl2FN3O4S. The van der Waals surface area contributed by atoms with Gasteiger partial charge in [-0.3, -0.25) is 9.35 Å². The number of hydrogen-bond acceptors (Lipinski definition) is 5. The number of piperidine rings is 1. The monoisotopic (exact) mass is 537 g/mol. The molecule has 0 saturated carbocycles. The number of halogens is 3. The van der Waals surface area contributed by atoms with Gasteiger partial charge in [-0.15, -0.1) is 0 Å². The average molecular weight is 538 g/mol. The molecule has 0 spiro atoms. The van der Waals surface area contributed by atoms with E-state index < -0.39 is 15.1 Å². The van der Waals surface area contributed by atoms with Crippen LogP contribution in [0.4, 0.5) is 15.8 Å². The highest BCUT2D eigenvalue weighted by molar-refractivity contribution is 7.85. The molecule has 1 aromatic heterocycles. The van der Waals surface area contributed by atoms with Gasteiger partial charge in [0.05, 0.1) is 22.0 Å². The third-order valence-electron chi connectivity index (χ3n) is 6.06. The number of rotatable bonds is 5. The number of hydrogen-bond donors (Lipinski definition) is 2. The van der Waals surface area contributed by atoms with E-state index in [0.717, 1.165) is 11.8 Å². The number of nitrogens with one attached hydrogen (secondary N) is 1. The molecule has 0 radical (unpaired) electrons. The summed E-state index contributed by atoms with van der Waals surface area (Å²) in [5.41, 5.74) is 1.73. The maximum Gasteiger partial charge on any atom is 0.312 e. The average Bonchev–Trinajstić information content (AvgIpc) is 2.82. The van der Waals surface area contributed by atoms with Crippen LogP contribution in [-0.4, -0.2) is 41.9 Å². The van der Waals surface area contributed by atoms with Gasteiger partial charge in [0, 0.05) is 29.9 Å². The summed E-state index contributed by atoms with van der Waals surface area (Å²) in [6.45, 7) is 2.35. The summed E-state index contributed by atoms with van der Waals surface area (Å²) in [6, 6.07) is 11.1. The summed E-state index contributed by atoms with van der Waals surface area (Å²) < 4.78 is 46.6. The van der Waals surface area contributed by atoms with E-state index in [1.54, 1.807) is 35.2 Å². The van der Waals surface area contributed by atoms with E-state index in [0.29, 0.717) is 41.7 Å². The molecule has 0 aliphatic carbocycles. The third-order valence-corrected chi connectivity index (χ3v) is 7.53. The van der Waals surface area contributed by atoms with Crippen molar-refractivity contribution >= 4 is 50.6 Å². The molecule has 3 aromatic rings. The zero-order valence-corrected chi connectivity index (χ0v) is 21.0. The highest BCUT2D eigenvalue weighted by Gasteiger charge is 2.29. The number of amides is 1. The molecule has 7 nitrogen and oxygen atoms in total. The fourth-order valence-corrected chi connectivity index (χ4v) is 5.24. The van der Waals surface area contributed by atoms with Gasteiger partial charge in [0.25, 0.3) is 5.91 Å². The van der Waals surface area contributed by atoms with Crippen molar-refractivity contribution in [1.82, 2.24) is 9.88 Å². The predicted octanol–water partition coefficient (Wildman–Crippen LogP) is 5.85. The van der Waals surface area contributed by atoms with Crippen LogP contribution in [0, 0.1) is 12.7 Å². The summed E-state index contributed by atoms with van der Waals surface area (Å²) in [5.74, 6) is -0.442. The van der Waals surface area contributed by atoms with Gasteiger partial charge in [-0.05, 0) is 61.6 Å². The van der Waals surface area contributed by atoms with Crippen molar-refractivity contribution in [3.05, 3.63) is 81.2 Å². The topological polar surface area (TPSA) is 99.6 Å². The molecule has 0 bridgehead atoms. The lowest BCUT2D eigenvalue weighted by molar-refractivity contribution is 0.0713. The zero-order chi connectivity index (χ0) is 25.3. The number of nitrogens with zero attached hydrogens (tertiary/aromatic N) is 2. The fraction of sp³-hybridized carbons (Fsp3) is 0.250. The van der Waals surface area contributed by atoms with E-state index in [4.69, 9.17) is 23.2 Å². The first kappa shape index (κ1) is 25.4. The second-order valence-electron chi connectivity index (χ2n) is 8.32. The number of benzene rings is 2. The van der Waals surface area contributed by atoms with Crippen LogP contribution in [0.25, 0.3) is 0 Å². The van der Waals surface area contributed by atoms with Crippen molar-refractivity contribution in [2.45, 2.75) is 30.7 Å². The quantitative estimate of drug-likeness (QED) is 0.396. The van der Waals surface area contributed by atoms with Gasteiger partial charge in [0.1, 0.15) is 5.82 Å². The van der Waals surface area contributed by atoms with Crippen LogP contribution in [-0.2, 0) is 10.1 Å². The maximum atomic E-state index is 13.5. The van der Waals surface area contributed by atoms with Crippen LogP contribution in [0.1, 0.15) is 40.2 Å². The summed E-state index contributed by atoms with van der Waals surface area (Å²) >= 11 is 12.4. The molecule has 2 aromatic carbocycles. The first-order valence-corrected chi connectivity index (χ1v) is 13.0. The van der Waals surface area contributed by atoms with Gasteiger partial charge in [-0.2, -0.15) is 8.42 Å². The van der Waals surface area contributed by atoms with Crippen LogP contribution < -0.4 is 5.32 Å². The van der Waals surface area contributed by atoms with E-state index in [2.05, 4.69) is 10.3 Å². The highest BCUT2D eigenvalue weighted by Crippen LogP contribution is 2.35. The maximum absolute atomic E-state index is 13.5. The number of carbonyl (C=O) groups is 1. The molecule has 2 N–H and O–H groups in total. The Hall–Kier alpha value is -2.72. The molecule has 35 heavy (non-hydrogen) atoms. The molecule has 4 rings (SSSR count). The van der Waals surface area contributed by atoms with Crippen molar-refractivity contribution in [2.75, 3.05) is 18.4 Å². The van der Waals surface area contributed by atoms with E-state index in [1.807, 2.05) is 0 Å². The van der Waals surface area contributed by atoms with Crippen LogP contribution in [0.3, 0.4) is 0 Å². The van der Waals surface area contributed by atoms with E-state index in [9.17, 15) is 22.2 Å². The minimum atomic E-state index is -4.64. The Kier molecular flexibility index (Phi) is 7.32. The Morgan fingerprint density at radius 3 is 2.43 bits per heavy atom. The molecular weight excluding hydrogens is 516 g/mol. The summed E-state index contributed by atoms with van der Waals surface area (Å²) in [4.78, 5) is 19.0. The molecule has 1 aliphatic heterocycles. The predicted molar refractivity (Wildman–Crippen MR) is 133 cm³/mol. The lowest BCUT2D eigenvalue weighted by Gasteiger charge is -2.33. The minimum Gasteiger partial charge on any atom is -0.353 e. The molecule has 1 aliphatic rings. The zero-order valence-electron chi connectivity index (χ0n) is 18.6. The normalized spacial score (nSPS) is 14.7. The number of carbonyl (C=O) groups excluding carboxylic acids is 1. The Morgan fingerprint density at radius 2 is 1.80 bits per heavy atom. The van der Waals surface area contributed by atoms with Crippen LogP contribution >= 0.6 is 23.2 Å². The molecule has 0 atom stereocenters. The molecule has 2 heterocycles. The summed E-state index contributed by atoms with van der Waals surface area (Å²) in [7, 11) is -4.64. The van der Waals surface area contributed by atoms with Crippen LogP contribution in [0.15, 0.2) is 53.7 Å². The van der Waals surface area contributed by atoms with E-state index in [-0.39, 0.29) is 34.5 Å². The SMILES string of the molecule is Cc1c(S(=O)(=O)O)ncc(C(=O)N2CCC(c3ccc(F)cc3)CC2)c1Nc1cc(Cl)ccc1Cl. The molecule has 0 unspecified atom stereocenters. The second-order valence-corrected chi connectivity index (χ2v) is 10.5. The molecule has 11 heteroatoms. The van der Waals surface area contributed by atoms with Gasteiger partial charge >= 0.3 is 10.1 Å². The van der Waals surface area contributed by atoms with Crippen molar-refractivity contribution in [3.8, 4) is 0 Å². The van der Waals surface area contributed by atoms with Crippen molar-refractivity contribution < 1.29 is 22.2 Å². The second kappa shape index (κ2) is 10.1. The largest absolute Gasteiger partial charge is 0.353 e. The fourth-order valence-electron chi connectivity index (χ4n) is 4.23. The Bertz CT molecular complexity index is 1380. The van der Waals surface area contributed by atoms with Gasteiger partial charge in [0.15, 0.2) is 5.03 Å². The van der Waals surface area contributed by atoms with Crippen LogP contribution in [0.2, 0.25) is 10.0 Å². The number of likely N-dealkylation sites (tertiary alicyclic amines) is 1. The van der Waals surface area contributed by atoms with Gasteiger partial charge in [0.2, 0.25) is 0 Å². The lowest BCUT2D eigenvalue weighted by Crippen LogP contribution is -2.38. The van der Waals surface area contributed by atoms with Crippen LogP contribution in [0.5, 0.6) is 0 Å². The van der Waals surface area contributed by atoms with Gasteiger partial charge < -0.3 is 10.2 Å². The van der Waals surface area contributed by atoms with E-state index >= 15 is 0 Å². The number of pyridine rings is 1. The Balaban J connectivity index is 1.64.